The lowest BCUT2D eigenvalue weighted by atomic mass is 9.96. The third-order valence-electron chi connectivity index (χ3n) is 7.22. The van der Waals surface area contributed by atoms with Gasteiger partial charge in [-0.25, -0.2) is 13.4 Å². The molecule has 8 nitrogen and oxygen atoms in total. The molecular formula is C30H32N4O4S2. The third-order valence-corrected chi connectivity index (χ3v) is 10.1. The van der Waals surface area contributed by atoms with E-state index in [0.29, 0.717) is 16.4 Å². The zero-order valence-corrected chi connectivity index (χ0v) is 24.4. The number of methoxy groups -OCH3 is 1. The van der Waals surface area contributed by atoms with E-state index in [1.54, 1.807) is 20.4 Å². The molecule has 4 aromatic rings. The first kappa shape index (κ1) is 27.9. The summed E-state index contributed by atoms with van der Waals surface area (Å²) in [6.45, 7) is 2.00. The summed E-state index contributed by atoms with van der Waals surface area (Å²) < 4.78 is 34.3. The van der Waals surface area contributed by atoms with Gasteiger partial charge in [0.1, 0.15) is 5.75 Å². The van der Waals surface area contributed by atoms with Crippen LogP contribution in [0, 0.1) is 6.92 Å². The fraction of sp³-hybridized carbons (Fsp3) is 0.300. The quantitative estimate of drug-likeness (QED) is 0.183. The summed E-state index contributed by atoms with van der Waals surface area (Å²) in [5.74, 6) is 0.276. The number of carbonyl (C=O) groups is 1. The molecule has 1 amide bonds. The van der Waals surface area contributed by atoms with Crippen molar-refractivity contribution in [3.05, 3.63) is 83.4 Å². The molecule has 0 N–H and O–H groups in total. The van der Waals surface area contributed by atoms with Crippen LogP contribution in [0.3, 0.4) is 0 Å². The monoisotopic (exact) mass is 576 g/mol. The molecule has 1 aromatic heterocycles. The van der Waals surface area contributed by atoms with Gasteiger partial charge in [0.15, 0.2) is 0 Å². The highest BCUT2D eigenvalue weighted by molar-refractivity contribution is 7.89. The fourth-order valence-corrected chi connectivity index (χ4v) is 7.14. The molecule has 0 aliphatic heterocycles. The van der Waals surface area contributed by atoms with Gasteiger partial charge in [-0.1, -0.05) is 60.4 Å². The summed E-state index contributed by atoms with van der Waals surface area (Å²) in [4.78, 5) is 18.6. The van der Waals surface area contributed by atoms with E-state index in [4.69, 9.17) is 4.74 Å². The van der Waals surface area contributed by atoms with Crippen LogP contribution in [-0.4, -0.2) is 50.0 Å². The molecule has 1 heterocycles. The van der Waals surface area contributed by atoms with E-state index in [2.05, 4.69) is 10.1 Å². The van der Waals surface area contributed by atoms with Crippen LogP contribution in [0.2, 0.25) is 0 Å². The van der Waals surface area contributed by atoms with Gasteiger partial charge in [-0.05, 0) is 67.8 Å². The molecule has 10 heteroatoms. The largest absolute Gasteiger partial charge is 0.497 e. The number of nitrogens with zero attached hydrogens (tertiary/aromatic N) is 4. The number of aromatic nitrogens is 1. The minimum Gasteiger partial charge on any atom is -0.497 e. The molecule has 3 aromatic carbocycles. The first-order chi connectivity index (χ1) is 19.3. The maximum Gasteiger partial charge on any atom is 0.280 e. The minimum atomic E-state index is -3.67. The van der Waals surface area contributed by atoms with Crippen LogP contribution in [0.5, 0.6) is 5.75 Å². The van der Waals surface area contributed by atoms with E-state index >= 15 is 0 Å². The van der Waals surface area contributed by atoms with Crippen LogP contribution in [-0.2, 0) is 10.0 Å². The van der Waals surface area contributed by atoms with Crippen molar-refractivity contribution in [1.29, 1.82) is 0 Å². The van der Waals surface area contributed by atoms with Gasteiger partial charge >= 0.3 is 0 Å². The van der Waals surface area contributed by atoms with Crippen molar-refractivity contribution in [3.63, 3.8) is 0 Å². The molecule has 1 fully saturated rings. The zero-order chi connectivity index (χ0) is 28.3. The van der Waals surface area contributed by atoms with E-state index < -0.39 is 15.9 Å². The Hall–Kier alpha value is -3.60. The van der Waals surface area contributed by atoms with E-state index in [1.165, 1.54) is 44.9 Å². The summed E-state index contributed by atoms with van der Waals surface area (Å²) in [7, 11) is -0.425. The Morgan fingerprint density at radius 2 is 1.73 bits per heavy atom. The Kier molecular flexibility index (Phi) is 8.30. The smallest absolute Gasteiger partial charge is 0.280 e. The molecule has 5 rings (SSSR count). The molecule has 1 aliphatic carbocycles. The van der Waals surface area contributed by atoms with Crippen molar-refractivity contribution in [1.82, 2.24) is 9.29 Å². The summed E-state index contributed by atoms with van der Waals surface area (Å²) >= 11 is 1.32. The molecule has 0 unspecified atom stereocenters. The molecule has 0 radical (unpaired) electrons. The second-order valence-electron chi connectivity index (χ2n) is 9.94. The number of fused-ring (bicyclic) bond motifs is 1. The first-order valence-electron chi connectivity index (χ1n) is 13.2. The average molecular weight is 577 g/mol. The zero-order valence-electron chi connectivity index (χ0n) is 22.8. The Morgan fingerprint density at radius 1 is 1.02 bits per heavy atom. The summed E-state index contributed by atoms with van der Waals surface area (Å²) in [6, 6.07) is 19.4. The number of hydrogen-bond acceptors (Lipinski definition) is 7. The van der Waals surface area contributed by atoms with Crippen molar-refractivity contribution in [3.8, 4) is 5.75 Å². The Bertz CT molecular complexity index is 1620. The second-order valence-corrected chi connectivity index (χ2v) is 12.9. The average Bonchev–Trinajstić information content (AvgIpc) is 3.41. The molecule has 208 valence electrons. The van der Waals surface area contributed by atoms with E-state index in [9.17, 15) is 13.2 Å². The topological polar surface area (TPSA) is 92.2 Å². The van der Waals surface area contributed by atoms with Crippen molar-refractivity contribution in [2.24, 2.45) is 5.10 Å². The van der Waals surface area contributed by atoms with Crippen LogP contribution in [0.4, 0.5) is 5.13 Å². The second kappa shape index (κ2) is 11.9. The SMILES string of the molecule is COc1ccc2nc(N(/N=C/c3ccc(C)cc3)C(=O)c3ccc(S(=O)(=O)N(C)C4CCCCC4)cc3)sc2c1. The Morgan fingerprint density at radius 3 is 2.40 bits per heavy atom. The summed E-state index contributed by atoms with van der Waals surface area (Å²) in [6.07, 6.45) is 6.57. The highest BCUT2D eigenvalue weighted by Gasteiger charge is 2.29. The number of hydrogen-bond donors (Lipinski definition) is 0. The fourth-order valence-electron chi connectivity index (χ4n) is 4.77. The summed E-state index contributed by atoms with van der Waals surface area (Å²) in [5.41, 5.74) is 2.97. The predicted octanol–water partition coefficient (Wildman–Crippen LogP) is 6.25. The van der Waals surface area contributed by atoms with Gasteiger partial charge in [-0.2, -0.15) is 14.4 Å². The van der Waals surface area contributed by atoms with Crippen LogP contribution < -0.4 is 9.75 Å². The van der Waals surface area contributed by atoms with Crippen LogP contribution >= 0.6 is 11.3 Å². The van der Waals surface area contributed by atoms with Crippen LogP contribution in [0.1, 0.15) is 53.6 Å². The molecule has 0 bridgehead atoms. The third kappa shape index (κ3) is 5.94. The van der Waals surface area contributed by atoms with Crippen molar-refractivity contribution >= 4 is 48.8 Å². The maximum absolute atomic E-state index is 13.8. The summed E-state index contributed by atoms with van der Waals surface area (Å²) in [5, 5.41) is 6.17. The number of hydrazone groups is 1. The van der Waals surface area contributed by atoms with Gasteiger partial charge in [0.2, 0.25) is 15.2 Å². The lowest BCUT2D eigenvalue weighted by Gasteiger charge is -2.30. The number of carbonyl (C=O) groups excluding carboxylic acids is 1. The lowest BCUT2D eigenvalue weighted by molar-refractivity contribution is 0.0987. The predicted molar refractivity (Wildman–Crippen MR) is 160 cm³/mol. The van der Waals surface area contributed by atoms with Gasteiger partial charge in [-0.15, -0.1) is 0 Å². The normalized spacial score (nSPS) is 14.7. The first-order valence-corrected chi connectivity index (χ1v) is 15.5. The van der Waals surface area contributed by atoms with Crippen molar-refractivity contribution in [2.45, 2.75) is 50.0 Å². The van der Waals surface area contributed by atoms with E-state index in [0.717, 1.165) is 53.4 Å². The van der Waals surface area contributed by atoms with Gasteiger partial charge in [-0.3, -0.25) is 4.79 Å². The Balaban J connectivity index is 1.45. The lowest BCUT2D eigenvalue weighted by Crippen LogP contribution is -2.38. The van der Waals surface area contributed by atoms with Crippen molar-refractivity contribution < 1.29 is 17.9 Å². The molecule has 0 spiro atoms. The van der Waals surface area contributed by atoms with Gasteiger partial charge < -0.3 is 4.74 Å². The Labute approximate surface area is 239 Å². The molecule has 40 heavy (non-hydrogen) atoms. The van der Waals surface area contributed by atoms with Gasteiger partial charge in [0.25, 0.3) is 5.91 Å². The number of benzene rings is 3. The molecule has 1 aliphatic rings. The molecule has 1 saturated carbocycles. The number of amides is 1. The number of thiazole rings is 1. The maximum atomic E-state index is 13.8. The number of anilines is 1. The van der Waals surface area contributed by atoms with Gasteiger partial charge in [0.05, 0.1) is 28.4 Å². The number of ether oxygens (including phenoxy) is 1. The number of aryl methyl sites for hydroxylation is 1. The molecular weight excluding hydrogens is 544 g/mol. The minimum absolute atomic E-state index is 0.00400. The van der Waals surface area contributed by atoms with Crippen LogP contribution in [0.15, 0.2) is 76.7 Å². The standard InChI is InChI=1S/C30H32N4O4S2/c1-21-9-11-22(12-10-21)20-31-34(30-32-27-18-15-25(38-3)19-28(27)39-30)29(35)23-13-16-26(17-14-23)40(36,37)33(2)24-7-5-4-6-8-24/h9-20,24H,4-8H2,1-3H3/b31-20+. The highest BCUT2D eigenvalue weighted by atomic mass is 32.2. The highest BCUT2D eigenvalue weighted by Crippen LogP contribution is 2.33. The van der Waals surface area contributed by atoms with E-state index in [1.807, 2.05) is 49.4 Å². The molecule has 0 saturated heterocycles. The number of rotatable bonds is 8. The van der Waals surface area contributed by atoms with E-state index in [-0.39, 0.29) is 10.9 Å². The van der Waals surface area contributed by atoms with Gasteiger partial charge in [0, 0.05) is 18.7 Å². The van der Waals surface area contributed by atoms with Crippen molar-refractivity contribution in [2.75, 3.05) is 19.2 Å². The molecule has 0 atom stereocenters. The number of sulfonamides is 1. The van der Waals surface area contributed by atoms with Crippen LogP contribution in [0.25, 0.3) is 10.2 Å².